The van der Waals surface area contributed by atoms with Crippen LogP contribution in [0.4, 0.5) is 0 Å². The first kappa shape index (κ1) is 9.17. The van der Waals surface area contributed by atoms with Crippen LogP contribution in [0.1, 0.15) is 20.3 Å². The van der Waals surface area contributed by atoms with Crippen molar-refractivity contribution in [3.8, 4) is 0 Å². The molecule has 3 nitrogen and oxygen atoms in total. The highest BCUT2D eigenvalue weighted by atomic mass is 16.3. The molecule has 0 aliphatic heterocycles. The molecule has 10 heavy (non-hydrogen) atoms. The number of aliphatic hydroxyl groups excluding tert-OH is 1. The largest absolute Gasteiger partial charge is 0.376 e. The van der Waals surface area contributed by atoms with Crippen molar-refractivity contribution in [2.75, 3.05) is 6.73 Å². The second-order valence-corrected chi connectivity index (χ2v) is 1.96. The molecule has 1 amide bonds. The summed E-state index contributed by atoms with van der Waals surface area (Å²) in [6.07, 6.45) is 2.65. The standard InChI is InChI=1S/C7H13NO2/c1-3-4-6(2)7(10)8-5-9/h4,9H,3,5H2,1-2H3,(H,8,10)/b6-4+. The Bertz CT molecular complexity index is 141. The van der Waals surface area contributed by atoms with Crippen LogP contribution in [0.5, 0.6) is 0 Å². The van der Waals surface area contributed by atoms with Crippen molar-refractivity contribution in [2.45, 2.75) is 20.3 Å². The molecule has 0 atom stereocenters. The van der Waals surface area contributed by atoms with Crippen LogP contribution >= 0.6 is 0 Å². The van der Waals surface area contributed by atoms with Crippen LogP contribution in [0, 0.1) is 0 Å². The van der Waals surface area contributed by atoms with Crippen molar-refractivity contribution in [2.24, 2.45) is 0 Å². The molecular formula is C7H13NO2. The van der Waals surface area contributed by atoms with Gasteiger partial charge in [-0.2, -0.15) is 0 Å². The lowest BCUT2D eigenvalue weighted by Gasteiger charge is -1.99. The molecule has 0 saturated carbocycles. The number of nitrogens with one attached hydrogen (secondary N) is 1. The normalized spacial score (nSPS) is 11.3. The van der Waals surface area contributed by atoms with Crippen LogP contribution in [0.15, 0.2) is 11.6 Å². The van der Waals surface area contributed by atoms with E-state index in [9.17, 15) is 4.79 Å². The number of rotatable bonds is 3. The second kappa shape index (κ2) is 4.99. The summed E-state index contributed by atoms with van der Waals surface area (Å²) in [5.41, 5.74) is 0.650. The Balaban J connectivity index is 3.82. The van der Waals surface area contributed by atoms with Gasteiger partial charge in [-0.1, -0.05) is 13.0 Å². The molecule has 3 heteroatoms. The summed E-state index contributed by atoms with van der Waals surface area (Å²) >= 11 is 0. The number of aliphatic hydroxyl groups is 1. The lowest BCUT2D eigenvalue weighted by molar-refractivity contribution is -0.118. The molecule has 0 radical (unpaired) electrons. The minimum absolute atomic E-state index is 0.204. The van der Waals surface area contributed by atoms with E-state index in [-0.39, 0.29) is 12.6 Å². The zero-order valence-electron chi connectivity index (χ0n) is 6.35. The molecule has 0 aromatic heterocycles. The molecule has 0 rings (SSSR count). The maximum atomic E-state index is 10.8. The highest BCUT2D eigenvalue weighted by molar-refractivity contribution is 5.92. The number of hydrogen-bond donors (Lipinski definition) is 2. The van der Waals surface area contributed by atoms with Gasteiger partial charge in [-0.3, -0.25) is 4.79 Å². The smallest absolute Gasteiger partial charge is 0.248 e. The first-order valence-electron chi connectivity index (χ1n) is 3.28. The Hall–Kier alpha value is -0.830. The van der Waals surface area contributed by atoms with Crippen LogP contribution < -0.4 is 5.32 Å². The second-order valence-electron chi connectivity index (χ2n) is 1.96. The molecule has 2 N–H and O–H groups in total. The average molecular weight is 143 g/mol. The molecule has 0 saturated heterocycles. The van der Waals surface area contributed by atoms with E-state index in [1.807, 2.05) is 13.0 Å². The Morgan fingerprint density at radius 2 is 2.30 bits per heavy atom. The average Bonchev–Trinajstić information content (AvgIpc) is 1.89. The summed E-state index contributed by atoms with van der Waals surface area (Å²) in [5.74, 6) is -0.204. The molecule has 58 valence electrons. The predicted octanol–water partition coefficient (Wildman–Crippen LogP) is 0.409. The van der Waals surface area contributed by atoms with Crippen LogP contribution in [0.3, 0.4) is 0 Å². The highest BCUT2D eigenvalue weighted by Crippen LogP contribution is 1.93. The summed E-state index contributed by atoms with van der Waals surface area (Å²) in [6.45, 7) is 3.37. The van der Waals surface area contributed by atoms with Gasteiger partial charge in [0, 0.05) is 5.57 Å². The predicted molar refractivity (Wildman–Crippen MR) is 39.3 cm³/mol. The summed E-state index contributed by atoms with van der Waals surface area (Å²) in [4.78, 5) is 10.8. The minimum Gasteiger partial charge on any atom is -0.376 e. The van der Waals surface area contributed by atoms with Crippen molar-refractivity contribution in [1.82, 2.24) is 5.32 Å². The Kier molecular flexibility index (Phi) is 4.58. The molecule has 0 bridgehead atoms. The molecule has 0 heterocycles. The van der Waals surface area contributed by atoms with Crippen molar-refractivity contribution >= 4 is 5.91 Å². The van der Waals surface area contributed by atoms with Crippen LogP contribution in [-0.4, -0.2) is 17.7 Å². The van der Waals surface area contributed by atoms with Crippen molar-refractivity contribution in [3.05, 3.63) is 11.6 Å². The lowest BCUT2D eigenvalue weighted by Crippen LogP contribution is -2.24. The summed E-state index contributed by atoms with van der Waals surface area (Å²) < 4.78 is 0. The van der Waals surface area contributed by atoms with Gasteiger partial charge in [-0.15, -0.1) is 0 Å². The van der Waals surface area contributed by atoms with Gasteiger partial charge in [0.05, 0.1) is 0 Å². The van der Waals surface area contributed by atoms with Crippen molar-refractivity contribution in [1.29, 1.82) is 0 Å². The zero-order chi connectivity index (χ0) is 7.98. The molecule has 0 spiro atoms. The van der Waals surface area contributed by atoms with Gasteiger partial charge in [-0.25, -0.2) is 0 Å². The Morgan fingerprint density at radius 1 is 1.70 bits per heavy atom. The molecule has 0 aromatic rings. The number of carbonyl (C=O) groups is 1. The fraction of sp³-hybridized carbons (Fsp3) is 0.571. The number of allylic oxidation sites excluding steroid dienone is 1. The van der Waals surface area contributed by atoms with E-state index in [1.54, 1.807) is 6.92 Å². The molecular weight excluding hydrogens is 130 g/mol. The van der Waals surface area contributed by atoms with Gasteiger partial charge in [0.15, 0.2) is 0 Å². The fourth-order valence-electron chi connectivity index (χ4n) is 0.610. The topological polar surface area (TPSA) is 49.3 Å². The van der Waals surface area contributed by atoms with Gasteiger partial charge in [0.1, 0.15) is 6.73 Å². The molecule has 0 fully saturated rings. The third kappa shape index (κ3) is 3.25. The van der Waals surface area contributed by atoms with Gasteiger partial charge in [0.2, 0.25) is 5.91 Å². The van der Waals surface area contributed by atoms with E-state index in [0.717, 1.165) is 6.42 Å². The Labute approximate surface area is 60.7 Å². The molecule has 0 aliphatic carbocycles. The Morgan fingerprint density at radius 3 is 2.70 bits per heavy atom. The molecule has 0 unspecified atom stereocenters. The quantitative estimate of drug-likeness (QED) is 0.444. The van der Waals surface area contributed by atoms with Crippen LogP contribution in [0.25, 0.3) is 0 Å². The number of carbonyl (C=O) groups excluding carboxylic acids is 1. The summed E-state index contributed by atoms with van der Waals surface area (Å²) in [7, 11) is 0. The van der Waals surface area contributed by atoms with Crippen LogP contribution in [0.2, 0.25) is 0 Å². The van der Waals surface area contributed by atoms with Gasteiger partial charge < -0.3 is 10.4 Å². The zero-order valence-corrected chi connectivity index (χ0v) is 6.35. The van der Waals surface area contributed by atoms with E-state index < -0.39 is 0 Å². The highest BCUT2D eigenvalue weighted by Gasteiger charge is 1.99. The number of hydrogen-bond acceptors (Lipinski definition) is 2. The third-order valence-electron chi connectivity index (χ3n) is 1.11. The van der Waals surface area contributed by atoms with E-state index in [2.05, 4.69) is 5.32 Å². The molecule has 0 aliphatic rings. The van der Waals surface area contributed by atoms with Gasteiger partial charge >= 0.3 is 0 Å². The van der Waals surface area contributed by atoms with Gasteiger partial charge in [0.25, 0.3) is 0 Å². The first-order chi connectivity index (χ1) is 4.72. The molecule has 0 aromatic carbocycles. The van der Waals surface area contributed by atoms with Gasteiger partial charge in [-0.05, 0) is 13.3 Å². The first-order valence-corrected chi connectivity index (χ1v) is 3.28. The summed E-state index contributed by atoms with van der Waals surface area (Å²) in [6, 6.07) is 0. The fourth-order valence-corrected chi connectivity index (χ4v) is 0.610. The van der Waals surface area contributed by atoms with E-state index in [1.165, 1.54) is 0 Å². The van der Waals surface area contributed by atoms with Crippen molar-refractivity contribution in [3.63, 3.8) is 0 Å². The van der Waals surface area contributed by atoms with E-state index in [0.29, 0.717) is 5.57 Å². The SMILES string of the molecule is CC/C=C(\C)C(=O)NCO. The van der Waals surface area contributed by atoms with E-state index in [4.69, 9.17) is 5.11 Å². The maximum absolute atomic E-state index is 10.8. The maximum Gasteiger partial charge on any atom is 0.248 e. The minimum atomic E-state index is -0.298. The number of amides is 1. The van der Waals surface area contributed by atoms with Crippen LogP contribution in [-0.2, 0) is 4.79 Å². The summed E-state index contributed by atoms with van der Waals surface area (Å²) in [5, 5.41) is 10.6. The third-order valence-corrected chi connectivity index (χ3v) is 1.11. The lowest BCUT2D eigenvalue weighted by atomic mass is 10.2. The van der Waals surface area contributed by atoms with Crippen molar-refractivity contribution < 1.29 is 9.90 Å². The van der Waals surface area contributed by atoms with E-state index >= 15 is 0 Å². The monoisotopic (exact) mass is 143 g/mol.